The van der Waals surface area contributed by atoms with Gasteiger partial charge in [-0.05, 0) is 36.2 Å². The van der Waals surface area contributed by atoms with Gasteiger partial charge in [-0.25, -0.2) is 8.78 Å². The van der Waals surface area contributed by atoms with E-state index in [9.17, 15) is 8.78 Å². The summed E-state index contributed by atoms with van der Waals surface area (Å²) in [4.78, 5) is 0. The third kappa shape index (κ3) is 3.50. The number of nitrogens with two attached hydrogens (primary N) is 1. The van der Waals surface area contributed by atoms with Crippen molar-refractivity contribution in [2.24, 2.45) is 5.73 Å². The first-order valence-corrected chi connectivity index (χ1v) is 7.27. The summed E-state index contributed by atoms with van der Waals surface area (Å²) in [5.74, 6) is -1.32. The molecule has 0 saturated carbocycles. The van der Waals surface area contributed by atoms with Gasteiger partial charge in [0.15, 0.2) is 0 Å². The van der Waals surface area contributed by atoms with Crippen molar-refractivity contribution in [2.45, 2.75) is 12.5 Å². The summed E-state index contributed by atoms with van der Waals surface area (Å²) in [6, 6.07) is 6.57. The van der Waals surface area contributed by atoms with Gasteiger partial charge in [0.1, 0.15) is 11.6 Å². The van der Waals surface area contributed by atoms with Gasteiger partial charge in [0.05, 0.1) is 5.02 Å². The largest absolute Gasteiger partial charge is 0.324 e. The quantitative estimate of drug-likeness (QED) is 0.720. The Labute approximate surface area is 133 Å². The summed E-state index contributed by atoms with van der Waals surface area (Å²) in [6.45, 7) is 0. The fourth-order valence-electron chi connectivity index (χ4n) is 1.86. The van der Waals surface area contributed by atoms with Crippen LogP contribution in [0.1, 0.15) is 17.2 Å². The van der Waals surface area contributed by atoms with E-state index in [1.807, 2.05) is 6.07 Å². The van der Waals surface area contributed by atoms with Crippen LogP contribution < -0.4 is 5.73 Å². The summed E-state index contributed by atoms with van der Waals surface area (Å²) < 4.78 is 28.0. The zero-order valence-electron chi connectivity index (χ0n) is 10.1. The van der Waals surface area contributed by atoms with E-state index in [0.717, 1.165) is 22.2 Å². The molecule has 2 aromatic carbocycles. The lowest BCUT2D eigenvalue weighted by molar-refractivity contribution is 0.561. The molecular weight excluding hydrogens is 371 g/mol. The Morgan fingerprint density at radius 3 is 2.40 bits per heavy atom. The molecule has 0 aliphatic rings. The van der Waals surface area contributed by atoms with Crippen LogP contribution in [0, 0.1) is 11.6 Å². The van der Waals surface area contributed by atoms with Crippen LogP contribution >= 0.6 is 39.1 Å². The maximum Gasteiger partial charge on any atom is 0.142 e. The highest BCUT2D eigenvalue weighted by atomic mass is 79.9. The highest BCUT2D eigenvalue weighted by Crippen LogP contribution is 2.28. The van der Waals surface area contributed by atoms with Gasteiger partial charge in [0.2, 0.25) is 0 Å². The van der Waals surface area contributed by atoms with E-state index in [1.54, 1.807) is 12.1 Å². The lowest BCUT2D eigenvalue weighted by atomic mass is 9.99. The maximum absolute atomic E-state index is 13.8. The molecule has 0 aliphatic heterocycles. The van der Waals surface area contributed by atoms with Crippen LogP contribution in [0.5, 0.6) is 0 Å². The molecule has 0 aromatic heterocycles. The van der Waals surface area contributed by atoms with Crippen LogP contribution in [-0.2, 0) is 6.42 Å². The molecule has 0 radical (unpaired) electrons. The fraction of sp³-hybridized carbons (Fsp3) is 0.143. The van der Waals surface area contributed by atoms with E-state index in [-0.39, 0.29) is 10.6 Å². The molecule has 2 N–H and O–H groups in total. The third-order valence-electron chi connectivity index (χ3n) is 2.89. The Balaban J connectivity index is 2.28. The molecule has 106 valence electrons. The molecule has 1 unspecified atom stereocenters. The van der Waals surface area contributed by atoms with Crippen LogP contribution in [0.2, 0.25) is 10.0 Å². The van der Waals surface area contributed by atoms with Crippen molar-refractivity contribution in [3.8, 4) is 0 Å². The monoisotopic (exact) mass is 379 g/mol. The van der Waals surface area contributed by atoms with Gasteiger partial charge >= 0.3 is 0 Å². The third-order valence-corrected chi connectivity index (χ3v) is 4.03. The van der Waals surface area contributed by atoms with Gasteiger partial charge < -0.3 is 5.73 Å². The molecule has 0 bridgehead atoms. The number of benzene rings is 2. The lowest BCUT2D eigenvalue weighted by Gasteiger charge is -2.15. The minimum atomic E-state index is -0.708. The van der Waals surface area contributed by atoms with E-state index >= 15 is 0 Å². The van der Waals surface area contributed by atoms with Crippen molar-refractivity contribution >= 4 is 39.1 Å². The average Bonchev–Trinajstić information content (AvgIpc) is 2.37. The maximum atomic E-state index is 13.8. The van der Waals surface area contributed by atoms with Crippen LogP contribution in [0.4, 0.5) is 8.78 Å². The molecule has 2 rings (SSSR count). The highest BCUT2D eigenvalue weighted by Gasteiger charge is 2.16. The second-order valence-electron chi connectivity index (χ2n) is 4.33. The van der Waals surface area contributed by atoms with Gasteiger partial charge in [-0.15, -0.1) is 0 Å². The van der Waals surface area contributed by atoms with E-state index in [1.165, 1.54) is 0 Å². The molecule has 0 spiro atoms. The predicted molar refractivity (Wildman–Crippen MR) is 81.2 cm³/mol. The molecule has 6 heteroatoms. The normalized spacial score (nSPS) is 12.5. The van der Waals surface area contributed by atoms with E-state index in [4.69, 9.17) is 28.9 Å². The van der Waals surface area contributed by atoms with Gasteiger partial charge in [-0.1, -0.05) is 45.2 Å². The van der Waals surface area contributed by atoms with Crippen LogP contribution in [0.15, 0.2) is 34.8 Å². The van der Waals surface area contributed by atoms with Gasteiger partial charge in [-0.3, -0.25) is 0 Å². The lowest BCUT2D eigenvalue weighted by Crippen LogP contribution is -2.15. The summed E-state index contributed by atoms with van der Waals surface area (Å²) in [5.41, 5.74) is 6.77. The first kappa shape index (κ1) is 15.7. The number of rotatable bonds is 3. The molecule has 0 heterocycles. The predicted octanol–water partition coefficient (Wildman–Crippen LogP) is 5.28. The first-order chi connectivity index (χ1) is 9.38. The molecule has 0 fully saturated rings. The number of hydrogen-bond donors (Lipinski definition) is 1. The van der Waals surface area contributed by atoms with Crippen LogP contribution in [0.25, 0.3) is 0 Å². The minimum Gasteiger partial charge on any atom is -0.324 e. The SMILES string of the molecule is NC(Cc1ccc(Br)cc1Cl)c1cc(F)c(Cl)cc1F. The molecule has 1 nitrogen and oxygen atoms in total. The Morgan fingerprint density at radius 1 is 1.05 bits per heavy atom. The first-order valence-electron chi connectivity index (χ1n) is 5.72. The zero-order valence-corrected chi connectivity index (χ0v) is 13.2. The van der Waals surface area contributed by atoms with Gasteiger partial charge in [0.25, 0.3) is 0 Å². The number of halogens is 5. The smallest absolute Gasteiger partial charge is 0.142 e. The van der Waals surface area contributed by atoms with Crippen LogP contribution in [-0.4, -0.2) is 0 Å². The Bertz CT molecular complexity index is 649. The topological polar surface area (TPSA) is 26.0 Å². The second kappa shape index (κ2) is 6.39. The second-order valence-corrected chi connectivity index (χ2v) is 6.06. The summed E-state index contributed by atoms with van der Waals surface area (Å²) in [6.07, 6.45) is 0.296. The zero-order chi connectivity index (χ0) is 14.9. The fourth-order valence-corrected chi connectivity index (χ4v) is 2.76. The standard InChI is InChI=1S/C14H10BrCl2F2N/c15-8-2-1-7(10(16)4-8)3-14(20)9-5-13(19)11(17)6-12(9)18/h1-2,4-6,14H,3,20H2. The summed E-state index contributed by atoms with van der Waals surface area (Å²) in [5, 5.41) is 0.254. The van der Waals surface area contributed by atoms with E-state index in [2.05, 4.69) is 15.9 Å². The van der Waals surface area contributed by atoms with Crippen LogP contribution in [0.3, 0.4) is 0 Å². The molecule has 0 aliphatic carbocycles. The minimum absolute atomic E-state index is 0.0749. The van der Waals surface area contributed by atoms with Crippen molar-refractivity contribution in [1.82, 2.24) is 0 Å². The number of hydrogen-bond acceptors (Lipinski definition) is 1. The molecule has 20 heavy (non-hydrogen) atoms. The summed E-state index contributed by atoms with van der Waals surface area (Å²) >= 11 is 14.9. The summed E-state index contributed by atoms with van der Waals surface area (Å²) in [7, 11) is 0. The van der Waals surface area contributed by atoms with Gasteiger partial charge in [-0.2, -0.15) is 0 Å². The van der Waals surface area contributed by atoms with Crippen molar-refractivity contribution in [2.75, 3.05) is 0 Å². The van der Waals surface area contributed by atoms with Crippen molar-refractivity contribution in [3.05, 3.63) is 67.6 Å². The van der Waals surface area contributed by atoms with E-state index < -0.39 is 17.7 Å². The Hall–Kier alpha value is -0.680. The van der Waals surface area contributed by atoms with Gasteiger partial charge in [0, 0.05) is 21.1 Å². The van der Waals surface area contributed by atoms with Crippen molar-refractivity contribution in [1.29, 1.82) is 0 Å². The molecule has 2 aromatic rings. The Morgan fingerprint density at radius 2 is 1.75 bits per heavy atom. The van der Waals surface area contributed by atoms with Crippen molar-refractivity contribution < 1.29 is 8.78 Å². The average molecular weight is 381 g/mol. The van der Waals surface area contributed by atoms with E-state index in [0.29, 0.717) is 11.4 Å². The molecule has 1 atom stereocenters. The van der Waals surface area contributed by atoms with Crippen molar-refractivity contribution in [3.63, 3.8) is 0 Å². The molecular formula is C14H10BrCl2F2N. The molecule has 0 saturated heterocycles. The molecule has 0 amide bonds. The highest BCUT2D eigenvalue weighted by molar-refractivity contribution is 9.10. The Kier molecular flexibility index (Phi) is 5.02.